The van der Waals surface area contributed by atoms with Gasteiger partial charge < -0.3 is 15.2 Å². The van der Waals surface area contributed by atoms with E-state index in [9.17, 15) is 19.5 Å². The van der Waals surface area contributed by atoms with E-state index in [0.717, 1.165) is 12.8 Å². The molecule has 1 aromatic rings. The van der Waals surface area contributed by atoms with Crippen molar-refractivity contribution in [3.05, 3.63) is 18.7 Å². The second-order valence-electron chi connectivity index (χ2n) is 10.2. The van der Waals surface area contributed by atoms with Crippen molar-refractivity contribution in [2.45, 2.75) is 90.9 Å². The molecule has 1 saturated carbocycles. The van der Waals surface area contributed by atoms with Gasteiger partial charge in [-0.25, -0.2) is 10.0 Å². The molecule has 196 valence electrons. The number of amides is 2. The van der Waals surface area contributed by atoms with Gasteiger partial charge in [-0.2, -0.15) is 0 Å². The summed E-state index contributed by atoms with van der Waals surface area (Å²) in [4.78, 5) is 45.7. The second kappa shape index (κ2) is 12.4. The Balaban J connectivity index is 2.28. The first-order valence-corrected chi connectivity index (χ1v) is 12.4. The van der Waals surface area contributed by atoms with Crippen molar-refractivity contribution in [2.24, 2.45) is 11.3 Å². The van der Waals surface area contributed by atoms with E-state index in [1.807, 2.05) is 20.8 Å². The number of hydroxylamine groups is 2. The maximum Gasteiger partial charge on any atom is 0.313 e. The van der Waals surface area contributed by atoms with Crippen LogP contribution in [-0.2, 0) is 24.0 Å². The van der Waals surface area contributed by atoms with Gasteiger partial charge in [-0.15, -0.1) is 0 Å². The first-order valence-electron chi connectivity index (χ1n) is 12.0. The molecule has 2 rings (SSSR count). The first kappa shape index (κ1) is 28.7. The second-order valence-corrected chi connectivity index (χ2v) is 10.5. The predicted molar refractivity (Wildman–Crippen MR) is 133 cm³/mol. The van der Waals surface area contributed by atoms with Gasteiger partial charge in [0, 0.05) is 32.3 Å². The van der Waals surface area contributed by atoms with Crippen molar-refractivity contribution < 1.29 is 29.1 Å². The lowest BCUT2D eigenvalue weighted by Crippen LogP contribution is -2.42. The Hall–Kier alpha value is -2.53. The van der Waals surface area contributed by atoms with E-state index in [2.05, 4.69) is 17.2 Å². The number of thiocarbonyl (C=S) groups is 1. The van der Waals surface area contributed by atoms with Crippen LogP contribution in [0.1, 0.15) is 73.1 Å². The van der Waals surface area contributed by atoms with Crippen molar-refractivity contribution in [3.8, 4) is 0 Å². The monoisotopic (exact) mass is 510 g/mol. The van der Waals surface area contributed by atoms with Gasteiger partial charge in [0.25, 0.3) is 5.17 Å². The third kappa shape index (κ3) is 7.99. The third-order valence-corrected chi connectivity index (χ3v) is 6.74. The van der Waals surface area contributed by atoms with Gasteiger partial charge in [-0.05, 0) is 64.6 Å². The lowest BCUT2D eigenvalue weighted by Gasteiger charge is -2.33. The summed E-state index contributed by atoms with van der Waals surface area (Å²) in [7, 11) is 0. The molecule has 1 aliphatic carbocycles. The Bertz CT molecular complexity index is 872. The summed E-state index contributed by atoms with van der Waals surface area (Å²) < 4.78 is 7.60. The fourth-order valence-electron chi connectivity index (χ4n) is 4.57. The van der Waals surface area contributed by atoms with Crippen LogP contribution in [0.15, 0.2) is 18.7 Å². The van der Waals surface area contributed by atoms with Crippen molar-refractivity contribution in [1.29, 1.82) is 0 Å². The average molecular weight is 511 g/mol. The Morgan fingerprint density at radius 2 is 2.11 bits per heavy atom. The summed E-state index contributed by atoms with van der Waals surface area (Å²) in [5, 5.41) is 14.6. The number of rotatable bonds is 12. The van der Waals surface area contributed by atoms with Crippen LogP contribution in [0, 0.1) is 11.3 Å². The van der Waals surface area contributed by atoms with Crippen molar-refractivity contribution >= 4 is 35.7 Å². The Labute approximate surface area is 212 Å². The summed E-state index contributed by atoms with van der Waals surface area (Å²) >= 11 is 5.41. The van der Waals surface area contributed by atoms with Gasteiger partial charge in [-0.3, -0.25) is 23.8 Å². The highest BCUT2D eigenvalue weighted by molar-refractivity contribution is 7.80. The maximum absolute atomic E-state index is 12.8. The van der Waals surface area contributed by atoms with Crippen molar-refractivity contribution in [3.63, 3.8) is 0 Å². The number of carbonyl (C=O) groups is 3. The molecule has 10 nitrogen and oxygen atoms in total. The zero-order valence-electron chi connectivity index (χ0n) is 21.2. The molecule has 0 saturated heterocycles. The van der Waals surface area contributed by atoms with Gasteiger partial charge >= 0.3 is 5.97 Å². The number of nitrogens with zero attached hydrogens (tertiary/aromatic N) is 3. The van der Waals surface area contributed by atoms with E-state index in [1.165, 1.54) is 22.9 Å². The Kier molecular flexibility index (Phi) is 10.2. The van der Waals surface area contributed by atoms with Crippen LogP contribution < -0.4 is 5.32 Å². The molecule has 1 heterocycles. The molecular formula is C24H38N4O6S. The Morgan fingerprint density at radius 3 is 2.63 bits per heavy atom. The smallest absolute Gasteiger partial charge is 0.313 e. The molecule has 4 atom stereocenters. The quantitative estimate of drug-likeness (QED) is 0.250. The van der Waals surface area contributed by atoms with Gasteiger partial charge in [0.05, 0.1) is 11.6 Å². The molecule has 0 bridgehead atoms. The van der Waals surface area contributed by atoms with Crippen LogP contribution in [0.5, 0.6) is 0 Å². The third-order valence-electron chi connectivity index (χ3n) is 6.43. The number of aromatic nitrogens is 2. The predicted octanol–water partition coefficient (Wildman–Crippen LogP) is 3.16. The molecule has 0 spiro atoms. The van der Waals surface area contributed by atoms with E-state index in [-0.39, 0.29) is 29.8 Å². The number of carbonyl (C=O) groups excluding carboxylic acids is 2. The van der Waals surface area contributed by atoms with E-state index >= 15 is 0 Å². The van der Waals surface area contributed by atoms with Crippen molar-refractivity contribution in [2.75, 3.05) is 6.54 Å². The number of aliphatic carboxylic acids is 1. The number of carboxylic acids is 1. The first-order chi connectivity index (χ1) is 16.4. The van der Waals surface area contributed by atoms with Crippen molar-refractivity contribution in [1.82, 2.24) is 19.9 Å². The molecule has 1 aromatic heterocycles. The standard InChI is InChI=1S/C24H38N4O6S/c1-6-18(8-10-26-17(2)30)7-9-24(21(31)32)14-19(28(16-29)34-23(3,4)5)13-20(24)33-22(35)27-12-11-25-15-27/h11-12,15-16,18-20H,6-10,13-14H2,1-5H3,(H,26,30)(H,31,32). The summed E-state index contributed by atoms with van der Waals surface area (Å²) in [5.41, 5.74) is -1.89. The number of hydrogen-bond acceptors (Lipinski definition) is 7. The van der Waals surface area contributed by atoms with Crippen LogP contribution in [0.2, 0.25) is 0 Å². The molecule has 0 aromatic carbocycles. The number of imidazole rings is 1. The molecule has 35 heavy (non-hydrogen) atoms. The zero-order chi connectivity index (χ0) is 26.2. The van der Waals surface area contributed by atoms with Crippen LogP contribution >= 0.6 is 12.2 Å². The molecule has 1 fully saturated rings. The Morgan fingerprint density at radius 1 is 1.40 bits per heavy atom. The highest BCUT2D eigenvalue weighted by Crippen LogP contribution is 2.47. The van der Waals surface area contributed by atoms with Gasteiger partial charge in [0.15, 0.2) is 0 Å². The summed E-state index contributed by atoms with van der Waals surface area (Å²) in [6.45, 7) is 9.54. The highest BCUT2D eigenvalue weighted by atomic mass is 32.1. The van der Waals surface area contributed by atoms with E-state index in [0.29, 0.717) is 25.8 Å². The van der Waals surface area contributed by atoms with Gasteiger partial charge in [0.1, 0.15) is 17.8 Å². The number of carboxylic acid groups (broad SMARTS) is 1. The van der Waals surface area contributed by atoms with Crippen LogP contribution in [-0.4, -0.2) is 67.5 Å². The molecule has 4 unspecified atom stereocenters. The van der Waals surface area contributed by atoms with E-state index in [1.54, 1.807) is 12.4 Å². The molecule has 0 radical (unpaired) electrons. The summed E-state index contributed by atoms with van der Waals surface area (Å²) in [5.74, 6) is -0.849. The largest absolute Gasteiger partial charge is 0.481 e. The minimum atomic E-state index is -1.26. The lowest BCUT2D eigenvalue weighted by atomic mass is 9.76. The SMILES string of the molecule is CCC(CCNC(C)=O)CCC1(C(=O)O)CC(N(C=O)OC(C)(C)C)CC1OC(=S)n1ccnc1. The molecule has 2 N–H and O–H groups in total. The van der Waals surface area contributed by atoms with Gasteiger partial charge in [-0.1, -0.05) is 13.3 Å². The zero-order valence-corrected chi connectivity index (χ0v) is 22.0. The molecule has 11 heteroatoms. The minimum absolute atomic E-state index is 0.0882. The van der Waals surface area contributed by atoms with Crippen LogP contribution in [0.3, 0.4) is 0 Å². The van der Waals surface area contributed by atoms with Crippen LogP contribution in [0.4, 0.5) is 0 Å². The summed E-state index contributed by atoms with van der Waals surface area (Å²) in [6, 6.07) is -0.488. The van der Waals surface area contributed by atoms with Crippen LogP contribution in [0.25, 0.3) is 0 Å². The molecule has 2 amide bonds. The van der Waals surface area contributed by atoms with Gasteiger partial charge in [0.2, 0.25) is 12.3 Å². The topological polar surface area (TPSA) is 123 Å². The minimum Gasteiger partial charge on any atom is -0.481 e. The molecular weight excluding hydrogens is 472 g/mol. The average Bonchev–Trinajstić information content (AvgIpc) is 3.43. The number of hydrogen-bond donors (Lipinski definition) is 2. The maximum atomic E-state index is 12.8. The number of ether oxygens (including phenoxy) is 1. The normalized spacial score (nSPS) is 22.9. The molecule has 0 aliphatic heterocycles. The fraction of sp³-hybridized carbons (Fsp3) is 0.708. The fourth-order valence-corrected chi connectivity index (χ4v) is 4.80. The summed E-state index contributed by atoms with van der Waals surface area (Å²) in [6.07, 6.45) is 7.54. The van der Waals surface area contributed by atoms with E-state index in [4.69, 9.17) is 21.8 Å². The molecule has 1 aliphatic rings. The highest BCUT2D eigenvalue weighted by Gasteiger charge is 2.56. The van der Waals surface area contributed by atoms with E-state index < -0.39 is 29.1 Å². The number of nitrogens with one attached hydrogen (secondary N) is 1. The lowest BCUT2D eigenvalue weighted by molar-refractivity contribution is -0.232.